The third-order valence-corrected chi connectivity index (χ3v) is 3.61. The van der Waals surface area contributed by atoms with Crippen LogP contribution >= 0.6 is 0 Å². The van der Waals surface area contributed by atoms with E-state index in [4.69, 9.17) is 4.74 Å². The fourth-order valence-corrected chi connectivity index (χ4v) is 1.66. The first-order valence-electron chi connectivity index (χ1n) is 5.98. The van der Waals surface area contributed by atoms with Crippen molar-refractivity contribution in [1.29, 1.82) is 0 Å². The van der Waals surface area contributed by atoms with Gasteiger partial charge in [0.1, 0.15) is 5.54 Å². The van der Waals surface area contributed by atoms with Gasteiger partial charge in [0.2, 0.25) is 5.91 Å². The number of ether oxygens (including phenoxy) is 1. The Kier molecular flexibility index (Phi) is 4.14. The van der Waals surface area contributed by atoms with E-state index in [2.05, 4.69) is 5.32 Å². The molecule has 5 heteroatoms. The SMILES string of the molecule is CCC(C)(C)C(=O)NC1(C(=O)O)CCOCC1. The second-order valence-electron chi connectivity index (χ2n) is 5.19. The van der Waals surface area contributed by atoms with Crippen LogP contribution in [0.2, 0.25) is 0 Å². The molecule has 0 atom stereocenters. The summed E-state index contributed by atoms with van der Waals surface area (Å²) in [5, 5.41) is 12.0. The van der Waals surface area contributed by atoms with Gasteiger partial charge in [-0.3, -0.25) is 4.79 Å². The van der Waals surface area contributed by atoms with Crippen LogP contribution in [0.4, 0.5) is 0 Å². The zero-order valence-corrected chi connectivity index (χ0v) is 10.7. The fraction of sp³-hybridized carbons (Fsp3) is 0.833. The predicted molar refractivity (Wildman–Crippen MR) is 62.6 cm³/mol. The molecule has 98 valence electrons. The molecular weight excluding hydrogens is 222 g/mol. The van der Waals surface area contributed by atoms with Crippen molar-refractivity contribution < 1.29 is 19.4 Å². The topological polar surface area (TPSA) is 75.6 Å². The summed E-state index contributed by atoms with van der Waals surface area (Å²) in [6.07, 6.45) is 1.33. The molecule has 1 rings (SSSR count). The predicted octanol–water partition coefficient (Wildman–Crippen LogP) is 1.17. The number of carbonyl (C=O) groups excluding carboxylic acids is 1. The van der Waals surface area contributed by atoms with Crippen LogP contribution in [-0.2, 0) is 14.3 Å². The number of amides is 1. The van der Waals surface area contributed by atoms with E-state index in [0.29, 0.717) is 32.5 Å². The van der Waals surface area contributed by atoms with E-state index >= 15 is 0 Å². The van der Waals surface area contributed by atoms with Crippen LogP contribution in [0.5, 0.6) is 0 Å². The van der Waals surface area contributed by atoms with E-state index in [1.165, 1.54) is 0 Å². The van der Waals surface area contributed by atoms with Gasteiger partial charge in [0.15, 0.2) is 0 Å². The molecule has 0 bridgehead atoms. The molecule has 0 unspecified atom stereocenters. The molecule has 1 heterocycles. The maximum Gasteiger partial charge on any atom is 0.329 e. The second kappa shape index (κ2) is 5.04. The molecule has 0 aromatic rings. The zero-order valence-electron chi connectivity index (χ0n) is 10.7. The monoisotopic (exact) mass is 243 g/mol. The van der Waals surface area contributed by atoms with E-state index in [1.807, 2.05) is 20.8 Å². The number of carboxylic acids is 1. The minimum atomic E-state index is -1.15. The highest BCUT2D eigenvalue weighted by molar-refractivity contribution is 5.89. The fourth-order valence-electron chi connectivity index (χ4n) is 1.66. The molecular formula is C12H21NO4. The van der Waals surface area contributed by atoms with Gasteiger partial charge in [-0.15, -0.1) is 0 Å². The van der Waals surface area contributed by atoms with Gasteiger partial charge < -0.3 is 15.2 Å². The summed E-state index contributed by atoms with van der Waals surface area (Å²) in [5.41, 5.74) is -1.69. The van der Waals surface area contributed by atoms with Crippen LogP contribution < -0.4 is 5.32 Å². The molecule has 1 fully saturated rings. The molecule has 0 aromatic heterocycles. The summed E-state index contributed by atoms with van der Waals surface area (Å²) in [6.45, 7) is 6.30. The number of carbonyl (C=O) groups is 2. The highest BCUT2D eigenvalue weighted by atomic mass is 16.5. The first-order chi connectivity index (χ1) is 7.84. The quantitative estimate of drug-likeness (QED) is 0.777. The standard InChI is InChI=1S/C12H21NO4/c1-4-11(2,3)9(14)13-12(10(15)16)5-7-17-8-6-12/h4-8H2,1-3H3,(H,13,14)(H,15,16). The van der Waals surface area contributed by atoms with Gasteiger partial charge in [0.05, 0.1) is 0 Å². The van der Waals surface area contributed by atoms with Gasteiger partial charge in [-0.1, -0.05) is 20.8 Å². The summed E-state index contributed by atoms with van der Waals surface area (Å²) in [4.78, 5) is 23.4. The van der Waals surface area contributed by atoms with Gasteiger partial charge in [-0.05, 0) is 6.42 Å². The third-order valence-electron chi connectivity index (χ3n) is 3.61. The lowest BCUT2D eigenvalue weighted by Gasteiger charge is -2.36. The van der Waals surface area contributed by atoms with Crippen LogP contribution in [0, 0.1) is 5.41 Å². The van der Waals surface area contributed by atoms with Crippen molar-refractivity contribution in [3.63, 3.8) is 0 Å². The summed E-state index contributed by atoms with van der Waals surface area (Å²) >= 11 is 0. The molecule has 1 aliphatic rings. The molecule has 1 amide bonds. The highest BCUT2D eigenvalue weighted by Crippen LogP contribution is 2.26. The van der Waals surface area contributed by atoms with E-state index in [9.17, 15) is 14.7 Å². The van der Waals surface area contributed by atoms with Gasteiger partial charge >= 0.3 is 5.97 Å². The molecule has 0 spiro atoms. The van der Waals surface area contributed by atoms with Crippen LogP contribution in [0.3, 0.4) is 0 Å². The maximum absolute atomic E-state index is 12.1. The summed E-state index contributed by atoms with van der Waals surface area (Å²) < 4.78 is 5.15. The Labute approximate surface area is 102 Å². The van der Waals surface area contributed by atoms with E-state index in [1.54, 1.807) is 0 Å². The number of hydrogen-bond donors (Lipinski definition) is 2. The lowest BCUT2D eigenvalue weighted by Crippen LogP contribution is -2.59. The molecule has 17 heavy (non-hydrogen) atoms. The Bertz CT molecular complexity index is 306. The molecule has 1 saturated heterocycles. The van der Waals surface area contributed by atoms with E-state index in [0.717, 1.165) is 0 Å². The number of aliphatic carboxylic acids is 1. The number of carboxylic acid groups (broad SMARTS) is 1. The van der Waals surface area contributed by atoms with Crippen LogP contribution in [0.1, 0.15) is 40.0 Å². The van der Waals surface area contributed by atoms with Crippen molar-refractivity contribution >= 4 is 11.9 Å². The Morgan fingerprint density at radius 1 is 1.35 bits per heavy atom. The molecule has 5 nitrogen and oxygen atoms in total. The second-order valence-corrected chi connectivity index (χ2v) is 5.19. The first-order valence-corrected chi connectivity index (χ1v) is 5.98. The minimum Gasteiger partial charge on any atom is -0.480 e. The summed E-state index contributed by atoms with van der Waals surface area (Å²) in [6, 6.07) is 0. The van der Waals surface area contributed by atoms with Gasteiger partial charge in [-0.25, -0.2) is 4.79 Å². The average molecular weight is 243 g/mol. The Balaban J connectivity index is 2.81. The van der Waals surface area contributed by atoms with Crippen molar-refractivity contribution in [2.24, 2.45) is 5.41 Å². The third kappa shape index (κ3) is 2.97. The lowest BCUT2D eigenvalue weighted by atomic mass is 9.84. The van der Waals surface area contributed by atoms with Gasteiger partial charge in [-0.2, -0.15) is 0 Å². The van der Waals surface area contributed by atoms with Gasteiger partial charge in [0, 0.05) is 31.5 Å². The number of rotatable bonds is 4. The maximum atomic E-state index is 12.1. The lowest BCUT2D eigenvalue weighted by molar-refractivity contribution is -0.153. The smallest absolute Gasteiger partial charge is 0.329 e. The molecule has 0 radical (unpaired) electrons. The normalized spacial score (nSPS) is 19.7. The van der Waals surface area contributed by atoms with Crippen LogP contribution in [-0.4, -0.2) is 35.7 Å². The Morgan fingerprint density at radius 3 is 2.29 bits per heavy atom. The molecule has 0 aliphatic carbocycles. The minimum absolute atomic E-state index is 0.204. The van der Waals surface area contributed by atoms with Gasteiger partial charge in [0.25, 0.3) is 0 Å². The molecule has 0 saturated carbocycles. The number of hydrogen-bond acceptors (Lipinski definition) is 3. The molecule has 2 N–H and O–H groups in total. The summed E-state index contributed by atoms with van der Waals surface area (Å²) in [5.74, 6) is -1.18. The molecule has 1 aliphatic heterocycles. The Hall–Kier alpha value is -1.10. The van der Waals surface area contributed by atoms with Crippen molar-refractivity contribution in [1.82, 2.24) is 5.32 Å². The zero-order chi connectivity index (χ0) is 13.1. The number of nitrogens with one attached hydrogen (secondary N) is 1. The summed E-state index contributed by atoms with van der Waals surface area (Å²) in [7, 11) is 0. The van der Waals surface area contributed by atoms with E-state index in [-0.39, 0.29) is 5.91 Å². The van der Waals surface area contributed by atoms with Crippen LogP contribution in [0.15, 0.2) is 0 Å². The van der Waals surface area contributed by atoms with Crippen molar-refractivity contribution in [2.75, 3.05) is 13.2 Å². The highest BCUT2D eigenvalue weighted by Gasteiger charge is 2.43. The van der Waals surface area contributed by atoms with E-state index < -0.39 is 16.9 Å². The first kappa shape index (κ1) is 14.0. The van der Waals surface area contributed by atoms with Crippen molar-refractivity contribution in [3.05, 3.63) is 0 Å². The average Bonchev–Trinajstić information content (AvgIpc) is 2.30. The largest absolute Gasteiger partial charge is 0.480 e. The van der Waals surface area contributed by atoms with Crippen LogP contribution in [0.25, 0.3) is 0 Å². The van der Waals surface area contributed by atoms with Crippen molar-refractivity contribution in [3.8, 4) is 0 Å². The molecule has 0 aromatic carbocycles. The van der Waals surface area contributed by atoms with Crippen molar-refractivity contribution in [2.45, 2.75) is 45.6 Å². The Morgan fingerprint density at radius 2 is 1.88 bits per heavy atom.